The number of nitrogens with zero attached hydrogens (tertiary/aromatic N) is 1. The summed E-state index contributed by atoms with van der Waals surface area (Å²) in [5.41, 5.74) is 0.838. The molecule has 0 radical (unpaired) electrons. The Kier molecular flexibility index (Phi) is 3.51. The summed E-state index contributed by atoms with van der Waals surface area (Å²) in [4.78, 5) is 2.00. The molecule has 1 aromatic carbocycles. The van der Waals surface area contributed by atoms with Gasteiger partial charge in [0, 0.05) is 11.7 Å². The Morgan fingerprint density at radius 2 is 1.89 bits per heavy atom. The van der Waals surface area contributed by atoms with E-state index >= 15 is 0 Å². The summed E-state index contributed by atoms with van der Waals surface area (Å²) in [6.07, 6.45) is -4.44. The normalized spacial score (nSPS) is 20.8. The van der Waals surface area contributed by atoms with Gasteiger partial charge in [0.1, 0.15) is 0 Å². The quantitative estimate of drug-likeness (QED) is 0.894. The van der Waals surface area contributed by atoms with Crippen LogP contribution in [0.25, 0.3) is 0 Å². The van der Waals surface area contributed by atoms with E-state index in [0.29, 0.717) is 12.0 Å². The van der Waals surface area contributed by atoms with Crippen molar-refractivity contribution in [2.75, 3.05) is 4.90 Å². The van der Waals surface area contributed by atoms with Gasteiger partial charge < -0.3 is 10.0 Å². The lowest BCUT2D eigenvalue weighted by molar-refractivity contribution is -0.137. The topological polar surface area (TPSA) is 23.5 Å². The minimum atomic E-state index is -4.32. The van der Waals surface area contributed by atoms with Gasteiger partial charge in [0.25, 0.3) is 0 Å². The summed E-state index contributed by atoms with van der Waals surface area (Å²) in [5, 5.41) is 9.81. The third-order valence-corrected chi connectivity index (χ3v) is 3.58. The van der Waals surface area contributed by atoms with Crippen molar-refractivity contribution in [2.45, 2.75) is 51.6 Å². The van der Waals surface area contributed by atoms with Gasteiger partial charge in [-0.2, -0.15) is 13.2 Å². The van der Waals surface area contributed by atoms with E-state index in [0.717, 1.165) is 11.8 Å². The Morgan fingerprint density at radius 3 is 2.37 bits per heavy atom. The standard InChI is InChI=1S/C14H18F3NO/c1-8(2)18-12-5-4-11(14(15,16)17)6-10(12)7-13(18)9(3)19/h4-6,8-9,13,19H,7H2,1-3H3. The fraction of sp³-hybridized carbons (Fsp3) is 0.571. The lowest BCUT2D eigenvalue weighted by Crippen LogP contribution is -2.44. The molecule has 1 N–H and O–H groups in total. The van der Waals surface area contributed by atoms with Crippen LogP contribution in [0.3, 0.4) is 0 Å². The third-order valence-electron chi connectivity index (χ3n) is 3.58. The second kappa shape index (κ2) is 4.71. The van der Waals surface area contributed by atoms with Crippen molar-refractivity contribution in [3.05, 3.63) is 29.3 Å². The monoisotopic (exact) mass is 273 g/mol. The number of fused-ring (bicyclic) bond motifs is 1. The summed E-state index contributed by atoms with van der Waals surface area (Å²) in [6, 6.07) is 3.81. The van der Waals surface area contributed by atoms with Gasteiger partial charge in [0.05, 0.1) is 17.7 Å². The van der Waals surface area contributed by atoms with Crippen LogP contribution in [0.2, 0.25) is 0 Å². The van der Waals surface area contributed by atoms with Gasteiger partial charge in [0.2, 0.25) is 0 Å². The van der Waals surface area contributed by atoms with Crippen molar-refractivity contribution >= 4 is 5.69 Å². The zero-order valence-corrected chi connectivity index (χ0v) is 11.2. The molecule has 0 spiro atoms. The van der Waals surface area contributed by atoms with Gasteiger partial charge >= 0.3 is 6.18 Å². The predicted molar refractivity (Wildman–Crippen MR) is 68.2 cm³/mol. The number of alkyl halides is 3. The first kappa shape index (κ1) is 14.2. The number of aliphatic hydroxyl groups excluding tert-OH is 1. The SMILES string of the molecule is CC(O)C1Cc2cc(C(F)(F)F)ccc2N1C(C)C. The van der Waals surface area contributed by atoms with Gasteiger partial charge in [-0.25, -0.2) is 0 Å². The van der Waals surface area contributed by atoms with E-state index in [-0.39, 0.29) is 12.1 Å². The average Bonchev–Trinajstić information content (AvgIpc) is 2.65. The van der Waals surface area contributed by atoms with Crippen LogP contribution in [0.1, 0.15) is 31.9 Å². The molecular weight excluding hydrogens is 255 g/mol. The first-order valence-electron chi connectivity index (χ1n) is 6.38. The van der Waals surface area contributed by atoms with Gasteiger partial charge in [0.15, 0.2) is 0 Å². The van der Waals surface area contributed by atoms with Crippen LogP contribution in [0, 0.1) is 0 Å². The molecule has 0 amide bonds. The van der Waals surface area contributed by atoms with E-state index in [2.05, 4.69) is 0 Å². The van der Waals surface area contributed by atoms with Crippen LogP contribution in [0.4, 0.5) is 18.9 Å². The number of halogens is 3. The lowest BCUT2D eigenvalue weighted by Gasteiger charge is -2.33. The van der Waals surface area contributed by atoms with Gasteiger partial charge in [-0.05, 0) is 51.0 Å². The molecule has 1 aromatic rings. The molecule has 19 heavy (non-hydrogen) atoms. The van der Waals surface area contributed by atoms with E-state index in [1.807, 2.05) is 18.7 Å². The molecule has 1 heterocycles. The number of aliphatic hydroxyl groups is 1. The summed E-state index contributed by atoms with van der Waals surface area (Å²) in [5.74, 6) is 0. The van der Waals surface area contributed by atoms with Crippen molar-refractivity contribution in [1.29, 1.82) is 0 Å². The van der Waals surface area contributed by atoms with E-state index in [1.165, 1.54) is 12.1 Å². The molecule has 0 aromatic heterocycles. The van der Waals surface area contributed by atoms with E-state index in [4.69, 9.17) is 0 Å². The minimum Gasteiger partial charge on any atom is -0.391 e. The summed E-state index contributed by atoms with van der Waals surface area (Å²) in [7, 11) is 0. The van der Waals surface area contributed by atoms with E-state index in [9.17, 15) is 18.3 Å². The van der Waals surface area contributed by atoms with Crippen LogP contribution in [0.15, 0.2) is 18.2 Å². The number of anilines is 1. The highest BCUT2D eigenvalue weighted by molar-refractivity contribution is 5.61. The van der Waals surface area contributed by atoms with Crippen molar-refractivity contribution in [1.82, 2.24) is 0 Å². The summed E-state index contributed by atoms with van der Waals surface area (Å²) < 4.78 is 38.1. The van der Waals surface area contributed by atoms with Crippen LogP contribution >= 0.6 is 0 Å². The Morgan fingerprint density at radius 1 is 1.26 bits per heavy atom. The maximum absolute atomic E-state index is 12.7. The van der Waals surface area contributed by atoms with Crippen LogP contribution < -0.4 is 4.90 Å². The molecule has 0 bridgehead atoms. The highest BCUT2D eigenvalue weighted by Gasteiger charge is 2.37. The fourth-order valence-electron chi connectivity index (χ4n) is 2.74. The first-order valence-corrected chi connectivity index (χ1v) is 6.38. The van der Waals surface area contributed by atoms with Crippen molar-refractivity contribution in [2.24, 2.45) is 0 Å². The lowest BCUT2D eigenvalue weighted by atomic mass is 10.0. The molecule has 106 valence electrons. The van der Waals surface area contributed by atoms with E-state index in [1.54, 1.807) is 6.92 Å². The average molecular weight is 273 g/mol. The molecule has 2 unspecified atom stereocenters. The maximum atomic E-state index is 12.7. The Bertz CT molecular complexity index is 468. The third kappa shape index (κ3) is 2.56. The Balaban J connectivity index is 2.42. The predicted octanol–water partition coefficient (Wildman–Crippen LogP) is 3.23. The van der Waals surface area contributed by atoms with Crippen molar-refractivity contribution < 1.29 is 18.3 Å². The molecule has 1 aliphatic rings. The van der Waals surface area contributed by atoms with Gasteiger partial charge in [-0.3, -0.25) is 0 Å². The molecule has 5 heteroatoms. The second-order valence-corrected chi connectivity index (χ2v) is 5.35. The molecule has 2 nitrogen and oxygen atoms in total. The van der Waals surface area contributed by atoms with Crippen molar-refractivity contribution in [3.8, 4) is 0 Å². The molecule has 0 aliphatic carbocycles. The number of hydrogen-bond acceptors (Lipinski definition) is 2. The number of rotatable bonds is 2. The molecule has 0 saturated heterocycles. The zero-order chi connectivity index (χ0) is 14.4. The van der Waals surface area contributed by atoms with Crippen LogP contribution in [-0.4, -0.2) is 23.3 Å². The summed E-state index contributed by atoms with van der Waals surface area (Å²) >= 11 is 0. The molecule has 2 rings (SSSR count). The largest absolute Gasteiger partial charge is 0.416 e. The highest BCUT2D eigenvalue weighted by Crippen LogP contribution is 2.39. The zero-order valence-electron chi connectivity index (χ0n) is 11.2. The number of hydrogen-bond donors (Lipinski definition) is 1. The van der Waals surface area contributed by atoms with Gasteiger partial charge in [-0.1, -0.05) is 0 Å². The van der Waals surface area contributed by atoms with Crippen LogP contribution in [0.5, 0.6) is 0 Å². The van der Waals surface area contributed by atoms with E-state index < -0.39 is 17.8 Å². The Labute approximate surface area is 110 Å². The minimum absolute atomic E-state index is 0.137. The maximum Gasteiger partial charge on any atom is 0.416 e. The molecular formula is C14H18F3NO. The Hall–Kier alpha value is -1.23. The summed E-state index contributed by atoms with van der Waals surface area (Å²) in [6.45, 7) is 5.63. The smallest absolute Gasteiger partial charge is 0.391 e. The second-order valence-electron chi connectivity index (χ2n) is 5.35. The van der Waals surface area contributed by atoms with Gasteiger partial charge in [-0.15, -0.1) is 0 Å². The first-order chi connectivity index (χ1) is 8.71. The van der Waals surface area contributed by atoms with Crippen LogP contribution in [-0.2, 0) is 12.6 Å². The molecule has 0 fully saturated rings. The molecule has 0 saturated carbocycles. The fourth-order valence-corrected chi connectivity index (χ4v) is 2.74. The van der Waals surface area contributed by atoms with Crippen molar-refractivity contribution in [3.63, 3.8) is 0 Å². The highest BCUT2D eigenvalue weighted by atomic mass is 19.4. The number of benzene rings is 1. The molecule has 2 atom stereocenters. The molecule has 1 aliphatic heterocycles.